The van der Waals surface area contributed by atoms with Gasteiger partial charge >= 0.3 is 0 Å². The number of hydrogen-bond donors (Lipinski definition) is 1. The largest absolute Gasteiger partial charge is 0.350 e. The summed E-state index contributed by atoms with van der Waals surface area (Å²) in [6.45, 7) is 2.00. The van der Waals surface area contributed by atoms with E-state index >= 15 is 0 Å². The van der Waals surface area contributed by atoms with Crippen molar-refractivity contribution in [2.24, 2.45) is 0 Å². The Morgan fingerprint density at radius 1 is 0.846 bits per heavy atom. The molecule has 1 aliphatic heterocycles. The van der Waals surface area contributed by atoms with E-state index in [0.29, 0.717) is 17.0 Å². The second-order valence-electron chi connectivity index (χ2n) is 6.00. The summed E-state index contributed by atoms with van der Waals surface area (Å²) in [7, 11) is 0. The number of carbonyl (C=O) groups is 2. The number of nitrogens with one attached hydrogen (secondary N) is 1. The standard InChI is InChI=1S/C21H16N2O2S/c1-14-9-11-15(12-10-14)22-19-18(17-8-5-13-26-17)20(24)23(21(19)25)16-6-3-2-4-7-16/h2-13,22H,1H3. The van der Waals surface area contributed by atoms with Gasteiger partial charge in [0.2, 0.25) is 0 Å². The highest BCUT2D eigenvalue weighted by atomic mass is 32.1. The van der Waals surface area contributed by atoms with Crippen molar-refractivity contribution in [1.29, 1.82) is 0 Å². The Labute approximate surface area is 155 Å². The Balaban J connectivity index is 1.79. The summed E-state index contributed by atoms with van der Waals surface area (Å²) in [5, 5.41) is 5.06. The highest BCUT2D eigenvalue weighted by molar-refractivity contribution is 7.11. The molecular weight excluding hydrogens is 344 g/mol. The molecule has 2 aromatic carbocycles. The van der Waals surface area contributed by atoms with E-state index in [1.165, 1.54) is 16.2 Å². The first-order valence-electron chi connectivity index (χ1n) is 8.21. The van der Waals surface area contributed by atoms with E-state index in [-0.39, 0.29) is 11.8 Å². The monoisotopic (exact) mass is 360 g/mol. The first kappa shape index (κ1) is 16.3. The van der Waals surface area contributed by atoms with E-state index in [1.54, 1.807) is 12.1 Å². The smallest absolute Gasteiger partial charge is 0.282 e. The third kappa shape index (κ3) is 2.82. The van der Waals surface area contributed by atoms with Crippen molar-refractivity contribution in [3.63, 3.8) is 0 Å². The maximum Gasteiger partial charge on any atom is 0.282 e. The average molecular weight is 360 g/mol. The van der Waals surface area contributed by atoms with Gasteiger partial charge in [0.1, 0.15) is 5.70 Å². The van der Waals surface area contributed by atoms with Gasteiger partial charge in [0, 0.05) is 10.6 Å². The molecule has 4 nitrogen and oxygen atoms in total. The number of nitrogens with zero attached hydrogens (tertiary/aromatic N) is 1. The molecule has 0 aliphatic carbocycles. The summed E-state index contributed by atoms with van der Waals surface area (Å²) < 4.78 is 0. The van der Waals surface area contributed by atoms with Gasteiger partial charge in [0.15, 0.2) is 0 Å². The van der Waals surface area contributed by atoms with Crippen LogP contribution in [0, 0.1) is 6.92 Å². The van der Waals surface area contributed by atoms with Gasteiger partial charge in [-0.15, -0.1) is 11.3 Å². The van der Waals surface area contributed by atoms with Crippen LogP contribution >= 0.6 is 11.3 Å². The fourth-order valence-corrected chi connectivity index (χ4v) is 3.66. The Kier molecular flexibility index (Phi) is 4.14. The molecule has 5 heteroatoms. The minimum atomic E-state index is -0.342. The number of rotatable bonds is 4. The molecule has 1 aromatic heterocycles. The topological polar surface area (TPSA) is 49.4 Å². The van der Waals surface area contributed by atoms with Gasteiger partial charge in [0.05, 0.1) is 11.3 Å². The van der Waals surface area contributed by atoms with Crippen molar-refractivity contribution < 1.29 is 9.59 Å². The van der Waals surface area contributed by atoms with Gasteiger partial charge in [0.25, 0.3) is 11.8 Å². The van der Waals surface area contributed by atoms with Crippen LogP contribution in [0.3, 0.4) is 0 Å². The highest BCUT2D eigenvalue weighted by Gasteiger charge is 2.40. The molecule has 0 unspecified atom stereocenters. The number of imide groups is 1. The minimum Gasteiger partial charge on any atom is -0.350 e. The predicted octanol–water partition coefficient (Wildman–Crippen LogP) is 4.45. The lowest BCUT2D eigenvalue weighted by atomic mass is 10.1. The van der Waals surface area contributed by atoms with Crippen LogP contribution in [0.5, 0.6) is 0 Å². The predicted molar refractivity (Wildman–Crippen MR) is 105 cm³/mol. The van der Waals surface area contributed by atoms with Crippen molar-refractivity contribution in [3.05, 3.63) is 88.2 Å². The fraction of sp³-hybridized carbons (Fsp3) is 0.0476. The molecule has 0 saturated heterocycles. The van der Waals surface area contributed by atoms with Crippen LogP contribution in [0.15, 0.2) is 77.8 Å². The number of para-hydroxylation sites is 1. The number of amides is 2. The van der Waals surface area contributed by atoms with E-state index in [4.69, 9.17) is 0 Å². The van der Waals surface area contributed by atoms with E-state index in [1.807, 2.05) is 66.9 Å². The second kappa shape index (κ2) is 6.61. The number of carbonyl (C=O) groups excluding carboxylic acids is 2. The summed E-state index contributed by atoms with van der Waals surface area (Å²) in [6.07, 6.45) is 0. The van der Waals surface area contributed by atoms with Gasteiger partial charge < -0.3 is 5.32 Å². The lowest BCUT2D eigenvalue weighted by Gasteiger charge is -2.15. The number of benzene rings is 2. The molecule has 0 saturated carbocycles. The van der Waals surface area contributed by atoms with Crippen molar-refractivity contribution in [2.45, 2.75) is 6.92 Å². The van der Waals surface area contributed by atoms with Crippen LogP contribution in [0.25, 0.3) is 5.57 Å². The molecule has 26 heavy (non-hydrogen) atoms. The van der Waals surface area contributed by atoms with Gasteiger partial charge in [-0.1, -0.05) is 42.0 Å². The van der Waals surface area contributed by atoms with Crippen molar-refractivity contribution in [2.75, 3.05) is 10.2 Å². The molecule has 128 valence electrons. The highest BCUT2D eigenvalue weighted by Crippen LogP contribution is 2.35. The van der Waals surface area contributed by atoms with E-state index < -0.39 is 0 Å². The van der Waals surface area contributed by atoms with Crippen LogP contribution in [-0.4, -0.2) is 11.8 Å². The van der Waals surface area contributed by atoms with E-state index in [2.05, 4.69) is 5.32 Å². The van der Waals surface area contributed by atoms with Gasteiger partial charge in [-0.2, -0.15) is 0 Å². The van der Waals surface area contributed by atoms with Gasteiger partial charge in [-0.25, -0.2) is 4.90 Å². The normalized spacial score (nSPS) is 14.3. The van der Waals surface area contributed by atoms with E-state index in [0.717, 1.165) is 16.1 Å². The van der Waals surface area contributed by atoms with Crippen molar-refractivity contribution >= 4 is 40.1 Å². The summed E-state index contributed by atoms with van der Waals surface area (Å²) in [6, 6.07) is 20.5. The van der Waals surface area contributed by atoms with Crippen LogP contribution < -0.4 is 10.2 Å². The first-order chi connectivity index (χ1) is 12.6. The summed E-state index contributed by atoms with van der Waals surface area (Å²) in [5.41, 5.74) is 3.19. The van der Waals surface area contributed by atoms with Crippen LogP contribution in [0.1, 0.15) is 10.4 Å². The fourth-order valence-electron chi connectivity index (χ4n) is 2.89. The van der Waals surface area contributed by atoms with Crippen molar-refractivity contribution in [1.82, 2.24) is 0 Å². The van der Waals surface area contributed by atoms with E-state index in [9.17, 15) is 9.59 Å². The zero-order valence-corrected chi connectivity index (χ0v) is 14.9. The first-order valence-corrected chi connectivity index (χ1v) is 9.09. The summed E-state index contributed by atoms with van der Waals surface area (Å²) in [5.74, 6) is -0.650. The molecule has 4 rings (SSSR count). The zero-order chi connectivity index (χ0) is 18.1. The molecule has 2 heterocycles. The van der Waals surface area contributed by atoms with Crippen molar-refractivity contribution in [3.8, 4) is 0 Å². The molecule has 0 atom stereocenters. The SMILES string of the molecule is Cc1ccc(NC2=C(c3cccs3)C(=O)N(c3ccccc3)C2=O)cc1. The summed E-state index contributed by atoms with van der Waals surface area (Å²) in [4.78, 5) is 28.2. The van der Waals surface area contributed by atoms with Crippen LogP contribution in [-0.2, 0) is 9.59 Å². The molecule has 0 spiro atoms. The molecule has 2 amide bonds. The second-order valence-corrected chi connectivity index (χ2v) is 6.95. The van der Waals surface area contributed by atoms with Gasteiger partial charge in [-0.3, -0.25) is 9.59 Å². The van der Waals surface area contributed by atoms with Crippen LogP contribution in [0.4, 0.5) is 11.4 Å². The number of aryl methyl sites for hydroxylation is 1. The maximum atomic E-state index is 13.1. The molecule has 3 aromatic rings. The Bertz CT molecular complexity index is 990. The molecule has 0 fully saturated rings. The zero-order valence-electron chi connectivity index (χ0n) is 14.1. The third-order valence-corrected chi connectivity index (χ3v) is 5.07. The number of hydrogen-bond acceptors (Lipinski definition) is 4. The lowest BCUT2D eigenvalue weighted by molar-refractivity contribution is -0.120. The number of thiophene rings is 1. The maximum absolute atomic E-state index is 13.1. The van der Waals surface area contributed by atoms with Gasteiger partial charge in [-0.05, 0) is 42.6 Å². The molecule has 0 radical (unpaired) electrons. The molecule has 1 aliphatic rings. The Morgan fingerprint density at radius 2 is 1.58 bits per heavy atom. The molecular formula is C21H16N2O2S. The third-order valence-electron chi connectivity index (χ3n) is 4.19. The Hall–Kier alpha value is -3.18. The number of anilines is 2. The molecule has 1 N–H and O–H groups in total. The average Bonchev–Trinajstić information content (AvgIpc) is 3.25. The quantitative estimate of drug-likeness (QED) is 0.699. The van der Waals surface area contributed by atoms with Crippen LogP contribution in [0.2, 0.25) is 0 Å². The summed E-state index contributed by atoms with van der Waals surface area (Å²) >= 11 is 1.44. The minimum absolute atomic E-state index is 0.307. The Morgan fingerprint density at radius 3 is 2.23 bits per heavy atom. The lowest BCUT2D eigenvalue weighted by Crippen LogP contribution is -2.32. The molecule has 0 bridgehead atoms.